The molecule has 1 unspecified atom stereocenters. The number of benzene rings is 3. The molecule has 0 saturated heterocycles. The molecule has 0 aromatic heterocycles. The molecule has 3 aromatic carbocycles. The van der Waals surface area contributed by atoms with Gasteiger partial charge in [-0.2, -0.15) is 0 Å². The van der Waals surface area contributed by atoms with E-state index in [-0.39, 0.29) is 66.2 Å². The standard InChI is InChI=1S/C36H38O13/c1-5-36(4,22-47-32(42)26-8-6-23(7-9-26)29(38)39)49-34(44)28-16-12-24(13-17-28)30(40)45-20-18-35(2,3)48-33(43)27-14-10-25(11-15-27)31(41)46-21-19-37/h6-17,37H,5,18-22H2,1-4H3,(H,38,39). The number of hydrogen-bond donors (Lipinski definition) is 2. The Hall–Kier alpha value is -5.56. The zero-order valence-corrected chi connectivity index (χ0v) is 27.6. The van der Waals surface area contributed by atoms with Gasteiger partial charge < -0.3 is 33.9 Å². The third kappa shape index (κ3) is 11.3. The number of carboxylic acids is 1. The molecule has 0 radical (unpaired) electrons. The van der Waals surface area contributed by atoms with Gasteiger partial charge in [-0.3, -0.25) is 0 Å². The van der Waals surface area contributed by atoms with E-state index >= 15 is 0 Å². The van der Waals surface area contributed by atoms with Crippen LogP contribution in [0, 0.1) is 0 Å². The van der Waals surface area contributed by atoms with Gasteiger partial charge in [-0.15, -0.1) is 0 Å². The number of aromatic carboxylic acids is 1. The molecule has 0 aliphatic heterocycles. The Morgan fingerprint density at radius 3 is 1.33 bits per heavy atom. The summed E-state index contributed by atoms with van der Waals surface area (Å²) in [7, 11) is 0. The van der Waals surface area contributed by atoms with Crippen LogP contribution in [-0.4, -0.2) is 83.7 Å². The van der Waals surface area contributed by atoms with Gasteiger partial charge in [-0.25, -0.2) is 28.8 Å². The van der Waals surface area contributed by atoms with Crippen LogP contribution in [0.5, 0.6) is 0 Å². The van der Waals surface area contributed by atoms with E-state index in [1.54, 1.807) is 27.7 Å². The van der Waals surface area contributed by atoms with Crippen LogP contribution in [0.15, 0.2) is 72.8 Å². The van der Waals surface area contributed by atoms with Gasteiger partial charge in [0.05, 0.1) is 46.6 Å². The predicted molar refractivity (Wildman–Crippen MR) is 172 cm³/mol. The van der Waals surface area contributed by atoms with Crippen molar-refractivity contribution >= 4 is 35.8 Å². The average molecular weight is 679 g/mol. The second-order valence-corrected chi connectivity index (χ2v) is 11.7. The van der Waals surface area contributed by atoms with Gasteiger partial charge >= 0.3 is 35.8 Å². The summed E-state index contributed by atoms with van der Waals surface area (Å²) in [5.74, 6) is -4.47. The number of esters is 5. The Bertz CT molecular complexity index is 1640. The Labute approximate surface area is 282 Å². The summed E-state index contributed by atoms with van der Waals surface area (Å²) in [6, 6.07) is 16.5. The maximum Gasteiger partial charge on any atom is 0.338 e. The summed E-state index contributed by atoms with van der Waals surface area (Å²) >= 11 is 0. The molecular formula is C36H38O13. The highest BCUT2D eigenvalue weighted by atomic mass is 16.6. The Morgan fingerprint density at radius 1 is 0.551 bits per heavy atom. The predicted octanol–water partition coefficient (Wildman–Crippen LogP) is 4.90. The first-order chi connectivity index (χ1) is 23.2. The Balaban J connectivity index is 1.47. The van der Waals surface area contributed by atoms with Gasteiger partial charge in [0.25, 0.3) is 0 Å². The number of hydrogen-bond acceptors (Lipinski definition) is 12. The monoisotopic (exact) mass is 678 g/mol. The van der Waals surface area contributed by atoms with Crippen LogP contribution in [0.4, 0.5) is 0 Å². The van der Waals surface area contributed by atoms with Crippen LogP contribution in [-0.2, 0) is 23.7 Å². The van der Waals surface area contributed by atoms with E-state index in [2.05, 4.69) is 0 Å². The lowest BCUT2D eigenvalue weighted by atomic mass is 10.0. The molecule has 0 fully saturated rings. The SMILES string of the molecule is CCC(C)(COC(=O)c1ccc(C(=O)O)cc1)OC(=O)c1ccc(C(=O)OCCC(C)(C)OC(=O)c2ccc(C(=O)OCCO)cc2)cc1. The van der Waals surface area contributed by atoms with Gasteiger partial charge in [-0.05, 0) is 100.0 Å². The molecule has 49 heavy (non-hydrogen) atoms. The molecular weight excluding hydrogens is 640 g/mol. The van der Waals surface area contributed by atoms with Crippen molar-refractivity contribution < 1.29 is 62.7 Å². The molecule has 0 saturated carbocycles. The van der Waals surface area contributed by atoms with Crippen LogP contribution in [0.25, 0.3) is 0 Å². The molecule has 13 nitrogen and oxygen atoms in total. The van der Waals surface area contributed by atoms with Crippen LogP contribution < -0.4 is 0 Å². The summed E-state index contributed by atoms with van der Waals surface area (Å²) < 4.78 is 26.7. The number of ether oxygens (including phenoxy) is 5. The van der Waals surface area contributed by atoms with Crippen molar-refractivity contribution in [2.75, 3.05) is 26.4 Å². The quantitative estimate of drug-likeness (QED) is 0.154. The second kappa shape index (κ2) is 17.0. The fourth-order valence-electron chi connectivity index (χ4n) is 4.08. The third-order valence-electron chi connectivity index (χ3n) is 7.31. The third-order valence-corrected chi connectivity index (χ3v) is 7.31. The van der Waals surface area contributed by atoms with Gasteiger partial charge in [0.15, 0.2) is 0 Å². The van der Waals surface area contributed by atoms with Crippen molar-refractivity contribution in [2.24, 2.45) is 0 Å². The maximum absolute atomic E-state index is 12.9. The van der Waals surface area contributed by atoms with E-state index in [0.29, 0.717) is 6.42 Å². The summed E-state index contributed by atoms with van der Waals surface area (Å²) in [5, 5.41) is 17.8. The largest absolute Gasteiger partial charge is 0.478 e. The number of carbonyl (C=O) groups is 6. The van der Waals surface area contributed by atoms with Crippen molar-refractivity contribution in [2.45, 2.75) is 51.7 Å². The fraction of sp³-hybridized carbons (Fsp3) is 0.333. The molecule has 2 N–H and O–H groups in total. The molecule has 3 aromatic rings. The fourth-order valence-corrected chi connectivity index (χ4v) is 4.08. The molecule has 3 rings (SSSR count). The van der Waals surface area contributed by atoms with Crippen LogP contribution in [0.2, 0.25) is 0 Å². The van der Waals surface area contributed by atoms with E-state index in [9.17, 15) is 28.8 Å². The van der Waals surface area contributed by atoms with Gasteiger partial charge in [0.1, 0.15) is 24.4 Å². The van der Waals surface area contributed by atoms with Crippen molar-refractivity contribution in [3.8, 4) is 0 Å². The summed E-state index contributed by atoms with van der Waals surface area (Å²) in [5.41, 5.74) is -1.27. The van der Waals surface area contributed by atoms with Gasteiger partial charge in [0, 0.05) is 6.42 Å². The highest BCUT2D eigenvalue weighted by Gasteiger charge is 2.30. The van der Waals surface area contributed by atoms with E-state index in [1.165, 1.54) is 72.8 Å². The second-order valence-electron chi connectivity index (χ2n) is 11.7. The lowest BCUT2D eigenvalue weighted by Crippen LogP contribution is -2.37. The highest BCUT2D eigenvalue weighted by molar-refractivity contribution is 5.95. The number of aliphatic hydroxyl groups excluding tert-OH is 1. The summed E-state index contributed by atoms with van der Waals surface area (Å²) in [6.45, 7) is 5.90. The van der Waals surface area contributed by atoms with E-state index < -0.39 is 47.0 Å². The Kier molecular flexibility index (Phi) is 13.2. The van der Waals surface area contributed by atoms with Crippen LogP contribution in [0.3, 0.4) is 0 Å². The zero-order chi connectivity index (χ0) is 36.2. The van der Waals surface area contributed by atoms with Gasteiger partial charge in [0.2, 0.25) is 0 Å². The van der Waals surface area contributed by atoms with E-state index in [4.69, 9.17) is 33.9 Å². The highest BCUT2D eigenvalue weighted by Crippen LogP contribution is 2.21. The Morgan fingerprint density at radius 2 is 0.918 bits per heavy atom. The van der Waals surface area contributed by atoms with E-state index in [0.717, 1.165) is 0 Å². The first-order valence-corrected chi connectivity index (χ1v) is 15.3. The molecule has 0 heterocycles. The zero-order valence-electron chi connectivity index (χ0n) is 27.6. The minimum atomic E-state index is -1.17. The molecule has 13 heteroatoms. The van der Waals surface area contributed by atoms with E-state index in [1.807, 2.05) is 0 Å². The molecule has 0 bridgehead atoms. The number of rotatable bonds is 16. The minimum Gasteiger partial charge on any atom is -0.478 e. The van der Waals surface area contributed by atoms with Crippen molar-refractivity contribution in [1.82, 2.24) is 0 Å². The van der Waals surface area contributed by atoms with Crippen molar-refractivity contribution in [3.05, 3.63) is 106 Å². The summed E-state index contributed by atoms with van der Waals surface area (Å²) in [6.07, 6.45) is 0.489. The number of aliphatic hydroxyl groups is 1. The number of carboxylic acid groups (broad SMARTS) is 1. The lowest BCUT2D eigenvalue weighted by molar-refractivity contribution is -0.0477. The molecule has 260 valence electrons. The number of carbonyl (C=O) groups excluding carboxylic acids is 5. The summed E-state index contributed by atoms with van der Waals surface area (Å²) in [4.78, 5) is 73.4. The van der Waals surface area contributed by atoms with Crippen molar-refractivity contribution in [1.29, 1.82) is 0 Å². The van der Waals surface area contributed by atoms with Crippen molar-refractivity contribution in [3.63, 3.8) is 0 Å². The maximum atomic E-state index is 12.9. The van der Waals surface area contributed by atoms with Crippen LogP contribution >= 0.6 is 0 Å². The normalized spacial score (nSPS) is 12.2. The minimum absolute atomic E-state index is 0.0223. The molecule has 1 atom stereocenters. The molecule has 0 amide bonds. The van der Waals surface area contributed by atoms with Gasteiger partial charge in [-0.1, -0.05) is 6.92 Å². The molecule has 0 spiro atoms. The molecule has 0 aliphatic rings. The van der Waals surface area contributed by atoms with Crippen LogP contribution in [0.1, 0.15) is 103 Å². The first-order valence-electron chi connectivity index (χ1n) is 15.3. The lowest BCUT2D eigenvalue weighted by Gasteiger charge is -2.28. The average Bonchev–Trinajstić information content (AvgIpc) is 3.09. The smallest absolute Gasteiger partial charge is 0.338 e. The molecule has 0 aliphatic carbocycles. The topological polar surface area (TPSA) is 189 Å². The first kappa shape index (κ1) is 37.9.